The number of aryl methyl sites for hydroxylation is 1. The maximum absolute atomic E-state index is 14.3. The van der Waals surface area contributed by atoms with E-state index in [0.29, 0.717) is 16.3 Å². The third kappa shape index (κ3) is 4.48. The highest BCUT2D eigenvalue weighted by atomic mass is 35.5. The van der Waals surface area contributed by atoms with Gasteiger partial charge in [-0.3, -0.25) is 4.79 Å². The molecular weight excluding hydrogens is 390 g/mol. The standard InChI is InChI=1S/C20H17ClF2N2O3/c1-12-7-14(8-20(26)27-2)17(23)10-18(12)25-6-5-19(24-25)28-11-13-3-4-15(21)9-16(13)22/h3-7,9-10H,8,11H2,1-2H3. The lowest BCUT2D eigenvalue weighted by atomic mass is 10.1. The Morgan fingerprint density at radius 3 is 2.61 bits per heavy atom. The van der Waals surface area contributed by atoms with Crippen molar-refractivity contribution in [1.29, 1.82) is 0 Å². The third-order valence-corrected chi connectivity index (χ3v) is 4.36. The van der Waals surface area contributed by atoms with Crippen LogP contribution in [0.15, 0.2) is 42.6 Å². The van der Waals surface area contributed by atoms with Gasteiger partial charge < -0.3 is 9.47 Å². The van der Waals surface area contributed by atoms with Gasteiger partial charge in [0.25, 0.3) is 0 Å². The Bertz CT molecular complexity index is 1020. The molecule has 0 aliphatic rings. The number of ether oxygens (including phenoxy) is 2. The number of hydrogen-bond acceptors (Lipinski definition) is 4. The highest BCUT2D eigenvalue weighted by molar-refractivity contribution is 6.30. The van der Waals surface area contributed by atoms with Gasteiger partial charge in [-0.15, -0.1) is 5.10 Å². The van der Waals surface area contributed by atoms with Crippen molar-refractivity contribution in [3.63, 3.8) is 0 Å². The van der Waals surface area contributed by atoms with Crippen molar-refractivity contribution >= 4 is 17.6 Å². The first-order valence-corrected chi connectivity index (χ1v) is 8.74. The van der Waals surface area contributed by atoms with Gasteiger partial charge in [-0.2, -0.15) is 0 Å². The van der Waals surface area contributed by atoms with E-state index in [1.54, 1.807) is 31.3 Å². The molecule has 0 saturated heterocycles. The van der Waals surface area contributed by atoms with E-state index in [-0.39, 0.29) is 24.5 Å². The molecule has 0 unspecified atom stereocenters. The number of aromatic nitrogens is 2. The first kappa shape index (κ1) is 19.8. The number of nitrogens with zero attached hydrogens (tertiary/aromatic N) is 2. The monoisotopic (exact) mass is 406 g/mol. The van der Waals surface area contributed by atoms with Gasteiger partial charge in [0.1, 0.15) is 18.2 Å². The normalized spacial score (nSPS) is 10.8. The van der Waals surface area contributed by atoms with Crippen LogP contribution in [0.3, 0.4) is 0 Å². The van der Waals surface area contributed by atoms with Crippen LogP contribution in [0.5, 0.6) is 5.88 Å². The van der Waals surface area contributed by atoms with Gasteiger partial charge in [-0.05, 0) is 30.2 Å². The zero-order chi connectivity index (χ0) is 20.3. The molecule has 0 amide bonds. The van der Waals surface area contributed by atoms with E-state index in [1.807, 2.05) is 0 Å². The van der Waals surface area contributed by atoms with Crippen LogP contribution < -0.4 is 4.74 Å². The average Bonchev–Trinajstić information content (AvgIpc) is 3.12. The van der Waals surface area contributed by atoms with Gasteiger partial charge in [-0.25, -0.2) is 13.5 Å². The summed E-state index contributed by atoms with van der Waals surface area (Å²) in [6.07, 6.45) is 1.46. The molecule has 146 valence electrons. The van der Waals surface area contributed by atoms with Crippen LogP contribution in [0.2, 0.25) is 5.02 Å². The summed E-state index contributed by atoms with van der Waals surface area (Å²) in [5.41, 5.74) is 1.81. The lowest BCUT2D eigenvalue weighted by Crippen LogP contribution is -2.08. The van der Waals surface area contributed by atoms with E-state index in [0.717, 1.165) is 5.56 Å². The second kappa shape index (κ2) is 8.39. The molecule has 2 aromatic carbocycles. The van der Waals surface area contributed by atoms with Crippen LogP contribution in [0.1, 0.15) is 16.7 Å². The van der Waals surface area contributed by atoms with Crippen LogP contribution in [0, 0.1) is 18.6 Å². The molecule has 1 heterocycles. The first-order chi connectivity index (χ1) is 13.4. The summed E-state index contributed by atoms with van der Waals surface area (Å²) >= 11 is 5.73. The number of rotatable bonds is 6. The number of methoxy groups -OCH3 is 1. The molecule has 0 N–H and O–H groups in total. The summed E-state index contributed by atoms with van der Waals surface area (Å²) < 4.78 is 39.7. The predicted molar refractivity (Wildman–Crippen MR) is 99.7 cm³/mol. The van der Waals surface area contributed by atoms with Gasteiger partial charge in [0.15, 0.2) is 0 Å². The zero-order valence-corrected chi connectivity index (χ0v) is 16.0. The maximum atomic E-state index is 14.3. The molecule has 1 aromatic heterocycles. The number of esters is 1. The Morgan fingerprint density at radius 2 is 1.89 bits per heavy atom. The molecule has 0 atom stereocenters. The summed E-state index contributed by atoms with van der Waals surface area (Å²) in [5, 5.41) is 4.54. The van der Waals surface area contributed by atoms with E-state index in [1.165, 1.54) is 30.0 Å². The summed E-state index contributed by atoms with van der Waals surface area (Å²) in [6.45, 7) is 1.76. The van der Waals surface area contributed by atoms with E-state index < -0.39 is 17.6 Å². The maximum Gasteiger partial charge on any atom is 0.310 e. The van der Waals surface area contributed by atoms with Crippen molar-refractivity contribution in [3.05, 3.63) is 75.9 Å². The van der Waals surface area contributed by atoms with Crippen LogP contribution in [0.4, 0.5) is 8.78 Å². The summed E-state index contributed by atoms with van der Waals surface area (Å²) in [4.78, 5) is 11.4. The van der Waals surface area contributed by atoms with Crippen molar-refractivity contribution in [2.75, 3.05) is 7.11 Å². The van der Waals surface area contributed by atoms with E-state index in [2.05, 4.69) is 9.84 Å². The van der Waals surface area contributed by atoms with Crippen molar-refractivity contribution in [2.24, 2.45) is 0 Å². The second-order valence-corrected chi connectivity index (χ2v) is 6.54. The highest BCUT2D eigenvalue weighted by Gasteiger charge is 2.14. The van der Waals surface area contributed by atoms with Crippen molar-refractivity contribution < 1.29 is 23.0 Å². The lowest BCUT2D eigenvalue weighted by Gasteiger charge is -2.10. The smallest absolute Gasteiger partial charge is 0.310 e. The molecule has 3 aromatic rings. The van der Waals surface area contributed by atoms with Gasteiger partial charge >= 0.3 is 5.97 Å². The molecule has 0 bridgehead atoms. The Hall–Kier alpha value is -2.93. The highest BCUT2D eigenvalue weighted by Crippen LogP contribution is 2.22. The third-order valence-electron chi connectivity index (χ3n) is 4.13. The zero-order valence-electron chi connectivity index (χ0n) is 15.2. The number of carbonyl (C=O) groups excluding carboxylic acids is 1. The van der Waals surface area contributed by atoms with Gasteiger partial charge in [-0.1, -0.05) is 23.7 Å². The van der Waals surface area contributed by atoms with Gasteiger partial charge in [0.2, 0.25) is 5.88 Å². The Balaban J connectivity index is 1.76. The molecular formula is C20H17ClF2N2O3. The summed E-state index contributed by atoms with van der Waals surface area (Å²) in [7, 11) is 1.25. The molecule has 0 fully saturated rings. The van der Waals surface area contributed by atoms with Gasteiger partial charge in [0, 0.05) is 28.9 Å². The Labute approximate surface area is 165 Å². The van der Waals surface area contributed by atoms with Crippen LogP contribution >= 0.6 is 11.6 Å². The topological polar surface area (TPSA) is 53.4 Å². The molecule has 3 rings (SSSR count). The minimum Gasteiger partial charge on any atom is -0.472 e. The van der Waals surface area contributed by atoms with Crippen LogP contribution in [-0.2, 0) is 22.6 Å². The molecule has 0 aliphatic carbocycles. The number of halogens is 3. The minimum atomic E-state index is -0.535. The molecule has 0 spiro atoms. The largest absolute Gasteiger partial charge is 0.472 e. The fourth-order valence-corrected chi connectivity index (χ4v) is 2.81. The van der Waals surface area contributed by atoms with Crippen molar-refractivity contribution in [2.45, 2.75) is 20.0 Å². The predicted octanol–water partition coefficient (Wildman–Crippen LogP) is 4.41. The second-order valence-electron chi connectivity index (χ2n) is 6.11. The summed E-state index contributed by atoms with van der Waals surface area (Å²) in [5.74, 6) is -1.26. The van der Waals surface area contributed by atoms with Crippen LogP contribution in [-0.4, -0.2) is 22.9 Å². The Morgan fingerprint density at radius 1 is 1.14 bits per heavy atom. The van der Waals surface area contributed by atoms with E-state index in [9.17, 15) is 13.6 Å². The molecule has 0 radical (unpaired) electrons. The average molecular weight is 407 g/mol. The lowest BCUT2D eigenvalue weighted by molar-refractivity contribution is -0.139. The number of hydrogen-bond donors (Lipinski definition) is 0. The minimum absolute atomic E-state index is 0.0224. The molecule has 5 nitrogen and oxygen atoms in total. The first-order valence-electron chi connectivity index (χ1n) is 8.36. The fourth-order valence-electron chi connectivity index (χ4n) is 2.65. The number of carbonyl (C=O) groups is 1. The molecule has 8 heteroatoms. The van der Waals surface area contributed by atoms with E-state index in [4.69, 9.17) is 16.3 Å². The van der Waals surface area contributed by atoms with Gasteiger partial charge in [0.05, 0.1) is 19.2 Å². The SMILES string of the molecule is COC(=O)Cc1cc(C)c(-n2ccc(OCc3ccc(Cl)cc3F)n2)cc1F. The van der Waals surface area contributed by atoms with E-state index >= 15 is 0 Å². The van der Waals surface area contributed by atoms with Crippen LogP contribution in [0.25, 0.3) is 5.69 Å². The molecule has 0 saturated carbocycles. The van der Waals surface area contributed by atoms with Crippen molar-refractivity contribution in [1.82, 2.24) is 9.78 Å². The molecule has 0 aliphatic heterocycles. The van der Waals surface area contributed by atoms with Crippen molar-refractivity contribution in [3.8, 4) is 11.6 Å². The Kier molecular flexibility index (Phi) is 5.94. The fraction of sp³-hybridized carbons (Fsp3) is 0.200. The summed E-state index contributed by atoms with van der Waals surface area (Å²) in [6, 6.07) is 8.78. The quantitative estimate of drug-likeness (QED) is 0.569. The number of benzene rings is 2. The molecule has 28 heavy (non-hydrogen) atoms.